The van der Waals surface area contributed by atoms with Crippen LogP contribution in [0.5, 0.6) is 0 Å². The zero-order valence-corrected chi connectivity index (χ0v) is 10.4. The highest BCUT2D eigenvalue weighted by molar-refractivity contribution is 4.71. The monoisotopic (exact) mass is 229 g/mol. The zero-order valence-electron chi connectivity index (χ0n) is 10.4. The third-order valence-electron chi connectivity index (χ3n) is 3.29. The van der Waals surface area contributed by atoms with Crippen LogP contribution in [0.25, 0.3) is 0 Å². The number of hydrogen-bond acceptors (Lipinski definition) is 4. The van der Waals surface area contributed by atoms with Crippen molar-refractivity contribution in [1.29, 1.82) is 0 Å². The van der Waals surface area contributed by atoms with Gasteiger partial charge in [0.15, 0.2) is 0 Å². The van der Waals surface area contributed by atoms with Crippen LogP contribution in [0.3, 0.4) is 0 Å². The van der Waals surface area contributed by atoms with E-state index in [0.717, 1.165) is 19.5 Å². The van der Waals surface area contributed by atoms with Crippen molar-refractivity contribution in [2.24, 2.45) is 5.73 Å². The number of aliphatic hydroxyl groups excluding tert-OH is 1. The summed E-state index contributed by atoms with van der Waals surface area (Å²) >= 11 is 0. The number of hydrogen-bond donors (Lipinski definition) is 2. The maximum atomic E-state index is 8.67. The van der Waals surface area contributed by atoms with Crippen molar-refractivity contribution in [3.63, 3.8) is 0 Å². The summed E-state index contributed by atoms with van der Waals surface area (Å²) in [5.41, 5.74) is 5.55. The lowest BCUT2D eigenvalue weighted by molar-refractivity contribution is 0.133. The second-order valence-electron chi connectivity index (χ2n) is 4.61. The third kappa shape index (κ3) is 5.80. The Morgan fingerprint density at radius 1 is 0.812 bits per heavy atom. The highest BCUT2D eigenvalue weighted by atomic mass is 16.2. The first kappa shape index (κ1) is 13.9. The predicted octanol–water partition coefficient (Wildman–Crippen LogP) is 0.115. The second-order valence-corrected chi connectivity index (χ2v) is 4.61. The van der Waals surface area contributed by atoms with Crippen LogP contribution in [0, 0.1) is 0 Å². The van der Waals surface area contributed by atoms with Crippen molar-refractivity contribution >= 4 is 0 Å². The summed E-state index contributed by atoms with van der Waals surface area (Å²) in [6.07, 6.45) is 4.66. The molecule has 0 bridgehead atoms. The summed E-state index contributed by atoms with van der Waals surface area (Å²) in [4.78, 5) is 4.99. The van der Waals surface area contributed by atoms with Crippen LogP contribution >= 0.6 is 0 Å². The highest BCUT2D eigenvalue weighted by Gasteiger charge is 2.14. The first-order valence-electron chi connectivity index (χ1n) is 6.62. The molecular formula is C12H27N3O. The Hall–Kier alpha value is -0.160. The summed E-state index contributed by atoms with van der Waals surface area (Å²) in [5.74, 6) is 0. The van der Waals surface area contributed by atoms with E-state index >= 15 is 0 Å². The van der Waals surface area contributed by atoms with Crippen LogP contribution in [0.15, 0.2) is 0 Å². The van der Waals surface area contributed by atoms with Crippen LogP contribution in [-0.4, -0.2) is 67.3 Å². The standard InChI is InChI=1S/C12H27N3O/c13-5-7-15-10-8-14(9-11-15)6-3-1-2-4-12-16/h16H,1-13H2. The van der Waals surface area contributed by atoms with Crippen molar-refractivity contribution in [1.82, 2.24) is 9.80 Å². The van der Waals surface area contributed by atoms with Crippen molar-refractivity contribution < 1.29 is 5.11 Å². The summed E-state index contributed by atoms with van der Waals surface area (Å²) in [6.45, 7) is 8.13. The minimum atomic E-state index is 0.345. The lowest BCUT2D eigenvalue weighted by Crippen LogP contribution is -2.47. The molecule has 16 heavy (non-hydrogen) atoms. The van der Waals surface area contributed by atoms with Gasteiger partial charge in [-0.25, -0.2) is 0 Å². The van der Waals surface area contributed by atoms with Crippen LogP contribution in [0.2, 0.25) is 0 Å². The Bertz CT molecular complexity index is 158. The van der Waals surface area contributed by atoms with E-state index < -0.39 is 0 Å². The molecular weight excluding hydrogens is 202 g/mol. The van der Waals surface area contributed by atoms with E-state index in [2.05, 4.69) is 9.80 Å². The summed E-state index contributed by atoms with van der Waals surface area (Å²) in [5, 5.41) is 8.67. The maximum absolute atomic E-state index is 8.67. The van der Waals surface area contributed by atoms with Crippen molar-refractivity contribution in [2.75, 3.05) is 52.4 Å². The number of nitrogens with two attached hydrogens (primary N) is 1. The van der Waals surface area contributed by atoms with Gasteiger partial charge in [0, 0.05) is 45.9 Å². The van der Waals surface area contributed by atoms with Gasteiger partial charge in [0.05, 0.1) is 0 Å². The van der Waals surface area contributed by atoms with Crippen LogP contribution < -0.4 is 5.73 Å². The quantitative estimate of drug-likeness (QED) is 0.580. The first-order chi connectivity index (χ1) is 7.86. The fourth-order valence-corrected chi connectivity index (χ4v) is 2.22. The van der Waals surface area contributed by atoms with E-state index in [1.807, 2.05) is 0 Å². The minimum absolute atomic E-state index is 0.345. The number of nitrogens with zero attached hydrogens (tertiary/aromatic N) is 2. The molecule has 1 rings (SSSR count). The molecule has 1 fully saturated rings. The Morgan fingerprint density at radius 3 is 1.94 bits per heavy atom. The topological polar surface area (TPSA) is 52.7 Å². The van der Waals surface area contributed by atoms with Crippen LogP contribution in [0.1, 0.15) is 25.7 Å². The molecule has 0 aromatic rings. The SMILES string of the molecule is NCCN1CCN(CCCCCCO)CC1. The van der Waals surface area contributed by atoms with Gasteiger partial charge in [0.2, 0.25) is 0 Å². The molecule has 0 radical (unpaired) electrons. The summed E-state index contributed by atoms with van der Waals surface area (Å²) < 4.78 is 0. The van der Waals surface area contributed by atoms with Gasteiger partial charge >= 0.3 is 0 Å². The molecule has 1 aliphatic heterocycles. The Kier molecular flexibility index (Phi) is 7.76. The van der Waals surface area contributed by atoms with Crippen LogP contribution in [0.4, 0.5) is 0 Å². The summed E-state index contributed by atoms with van der Waals surface area (Å²) in [7, 11) is 0. The second kappa shape index (κ2) is 8.93. The van der Waals surface area contributed by atoms with Gasteiger partial charge in [0.1, 0.15) is 0 Å². The Balaban J connectivity index is 1.95. The largest absolute Gasteiger partial charge is 0.396 e. The fourth-order valence-electron chi connectivity index (χ4n) is 2.22. The van der Waals surface area contributed by atoms with Crippen molar-refractivity contribution in [3.8, 4) is 0 Å². The zero-order chi connectivity index (χ0) is 11.6. The molecule has 0 aromatic heterocycles. The normalized spacial score (nSPS) is 19.1. The molecule has 96 valence electrons. The van der Waals surface area contributed by atoms with Gasteiger partial charge < -0.3 is 15.7 Å². The maximum Gasteiger partial charge on any atom is 0.0431 e. The van der Waals surface area contributed by atoms with Crippen molar-refractivity contribution in [2.45, 2.75) is 25.7 Å². The Morgan fingerprint density at radius 2 is 1.38 bits per heavy atom. The molecule has 1 saturated heterocycles. The van der Waals surface area contributed by atoms with Gasteiger partial charge in [-0.2, -0.15) is 0 Å². The third-order valence-corrected chi connectivity index (χ3v) is 3.29. The van der Waals surface area contributed by atoms with Gasteiger partial charge in [-0.1, -0.05) is 12.8 Å². The molecule has 3 N–H and O–H groups in total. The summed E-state index contributed by atoms with van der Waals surface area (Å²) in [6, 6.07) is 0. The minimum Gasteiger partial charge on any atom is -0.396 e. The van der Waals surface area contributed by atoms with E-state index in [1.165, 1.54) is 52.0 Å². The highest BCUT2D eigenvalue weighted by Crippen LogP contribution is 2.05. The molecule has 4 heteroatoms. The number of rotatable bonds is 8. The molecule has 0 aromatic carbocycles. The molecule has 0 aliphatic carbocycles. The smallest absolute Gasteiger partial charge is 0.0431 e. The van der Waals surface area contributed by atoms with E-state index in [1.54, 1.807) is 0 Å². The van der Waals surface area contributed by atoms with Gasteiger partial charge in [0.25, 0.3) is 0 Å². The molecule has 0 atom stereocenters. The lowest BCUT2D eigenvalue weighted by Gasteiger charge is -2.34. The van der Waals surface area contributed by atoms with E-state index in [9.17, 15) is 0 Å². The molecule has 1 aliphatic rings. The van der Waals surface area contributed by atoms with Crippen molar-refractivity contribution in [3.05, 3.63) is 0 Å². The molecule has 1 heterocycles. The van der Waals surface area contributed by atoms with Gasteiger partial charge in [-0.3, -0.25) is 4.90 Å². The Labute approximate surface area is 99.4 Å². The number of piperazine rings is 1. The van der Waals surface area contributed by atoms with Gasteiger partial charge in [-0.05, 0) is 19.4 Å². The lowest BCUT2D eigenvalue weighted by atomic mass is 10.2. The van der Waals surface area contributed by atoms with E-state index in [0.29, 0.717) is 6.61 Å². The fraction of sp³-hybridized carbons (Fsp3) is 1.00. The molecule has 0 saturated carbocycles. The molecule has 0 spiro atoms. The van der Waals surface area contributed by atoms with Crippen LogP contribution in [-0.2, 0) is 0 Å². The van der Waals surface area contributed by atoms with E-state index in [-0.39, 0.29) is 0 Å². The number of unbranched alkanes of at least 4 members (excludes halogenated alkanes) is 3. The number of aliphatic hydroxyl groups is 1. The molecule has 4 nitrogen and oxygen atoms in total. The average molecular weight is 229 g/mol. The predicted molar refractivity (Wildman–Crippen MR) is 67.5 cm³/mol. The van der Waals surface area contributed by atoms with Gasteiger partial charge in [-0.15, -0.1) is 0 Å². The van der Waals surface area contributed by atoms with E-state index in [4.69, 9.17) is 10.8 Å². The molecule has 0 unspecified atom stereocenters. The average Bonchev–Trinajstić information content (AvgIpc) is 2.31. The molecule has 0 amide bonds. The first-order valence-corrected chi connectivity index (χ1v) is 6.62.